The fourth-order valence-corrected chi connectivity index (χ4v) is 1.85. The molecule has 4 nitrogen and oxygen atoms in total. The minimum Gasteiger partial charge on any atom is -0.389 e. The molecule has 0 atom stereocenters. The lowest BCUT2D eigenvalue weighted by Crippen LogP contribution is -2.32. The number of aromatic nitrogens is 1. The van der Waals surface area contributed by atoms with E-state index in [4.69, 9.17) is 22.7 Å². The molecule has 1 heterocycles. The van der Waals surface area contributed by atoms with Crippen molar-refractivity contribution in [3.63, 3.8) is 0 Å². The summed E-state index contributed by atoms with van der Waals surface area (Å²) >= 11 is 4.86. The van der Waals surface area contributed by atoms with Crippen LogP contribution in [0.3, 0.4) is 0 Å². The summed E-state index contributed by atoms with van der Waals surface area (Å²) in [7, 11) is 1.61. The molecule has 0 aromatic carbocycles. The lowest BCUT2D eigenvalue weighted by molar-refractivity contribution is 0.185. The molecule has 0 aliphatic carbocycles. The molecule has 17 heavy (non-hydrogen) atoms. The van der Waals surface area contributed by atoms with Crippen LogP contribution in [0, 0.1) is 0 Å². The van der Waals surface area contributed by atoms with Crippen LogP contribution in [0.2, 0.25) is 0 Å². The Morgan fingerprint density at radius 3 is 2.65 bits per heavy atom. The molecule has 0 saturated heterocycles. The molecule has 5 heteroatoms. The Morgan fingerprint density at radius 1 is 1.53 bits per heavy atom. The second-order valence-electron chi connectivity index (χ2n) is 4.14. The molecule has 0 fully saturated rings. The first-order valence-electron chi connectivity index (χ1n) is 5.51. The molecule has 2 N–H and O–H groups in total. The first-order chi connectivity index (χ1) is 7.99. The van der Waals surface area contributed by atoms with Crippen molar-refractivity contribution in [2.45, 2.75) is 26.3 Å². The van der Waals surface area contributed by atoms with Crippen LogP contribution >= 0.6 is 12.2 Å². The van der Waals surface area contributed by atoms with Gasteiger partial charge in [-0.1, -0.05) is 26.1 Å². The van der Waals surface area contributed by atoms with Crippen LogP contribution < -0.4 is 11.3 Å². The lowest BCUT2D eigenvalue weighted by Gasteiger charge is -2.16. The van der Waals surface area contributed by atoms with E-state index < -0.39 is 0 Å². The molecule has 1 aromatic rings. The number of thiocarbonyl (C=S) groups is 1. The minimum absolute atomic E-state index is 0.136. The molecule has 0 bridgehead atoms. The summed E-state index contributed by atoms with van der Waals surface area (Å²) in [5.41, 5.74) is 6.74. The van der Waals surface area contributed by atoms with E-state index in [1.165, 1.54) is 0 Å². The summed E-state index contributed by atoms with van der Waals surface area (Å²) in [5.74, 6) is 0.264. The van der Waals surface area contributed by atoms with E-state index in [-0.39, 0.29) is 16.5 Å². The second-order valence-corrected chi connectivity index (χ2v) is 4.58. The van der Waals surface area contributed by atoms with Gasteiger partial charge in [0.2, 0.25) is 0 Å². The van der Waals surface area contributed by atoms with E-state index in [0.29, 0.717) is 18.7 Å². The lowest BCUT2D eigenvalue weighted by atomic mass is 10.1. The second kappa shape index (κ2) is 5.93. The minimum atomic E-state index is -0.138. The zero-order valence-electron chi connectivity index (χ0n) is 10.4. The number of rotatable bonds is 5. The molecule has 0 saturated carbocycles. The number of hydrogen-bond acceptors (Lipinski definition) is 3. The quantitative estimate of drug-likeness (QED) is 0.804. The van der Waals surface area contributed by atoms with Crippen LogP contribution in [0.15, 0.2) is 16.9 Å². The fourth-order valence-electron chi connectivity index (χ4n) is 1.70. The molecule has 0 radical (unpaired) electrons. The van der Waals surface area contributed by atoms with Gasteiger partial charge in [0, 0.05) is 19.3 Å². The maximum absolute atomic E-state index is 12.2. The van der Waals surface area contributed by atoms with Crippen LogP contribution in [0.1, 0.15) is 31.0 Å². The smallest absolute Gasteiger partial charge is 0.261 e. The standard InChI is InChI=1S/C12H18N2O2S/c1-8(2)10-5-4-9(11(13)17)12(15)14(10)6-7-16-3/h4-5,8H,6-7H2,1-3H3,(H2,13,17). The van der Waals surface area contributed by atoms with Gasteiger partial charge in [-0.3, -0.25) is 4.79 Å². The Hall–Kier alpha value is -1.20. The molecule has 0 amide bonds. The van der Waals surface area contributed by atoms with Crippen molar-refractivity contribution in [3.05, 3.63) is 33.7 Å². The van der Waals surface area contributed by atoms with Gasteiger partial charge in [-0.2, -0.15) is 0 Å². The molecule has 1 aromatic heterocycles. The SMILES string of the molecule is COCCn1c(C(C)C)ccc(C(N)=S)c1=O. The first kappa shape index (κ1) is 13.9. The Kier molecular flexibility index (Phi) is 4.84. The number of nitrogens with zero attached hydrogens (tertiary/aromatic N) is 1. The van der Waals surface area contributed by atoms with Crippen LogP contribution in [0.25, 0.3) is 0 Å². The van der Waals surface area contributed by atoms with Gasteiger partial charge < -0.3 is 15.0 Å². The van der Waals surface area contributed by atoms with E-state index in [0.717, 1.165) is 5.69 Å². The van der Waals surface area contributed by atoms with Gasteiger partial charge >= 0.3 is 0 Å². The predicted octanol–water partition coefficient (Wildman–Crippen LogP) is 1.25. The Balaban J connectivity index is 3.31. The molecule has 94 valence electrons. The predicted molar refractivity (Wildman–Crippen MR) is 72.6 cm³/mol. The normalized spacial score (nSPS) is 10.8. The molecule has 0 unspecified atom stereocenters. The van der Waals surface area contributed by atoms with Crippen LogP contribution in [0.5, 0.6) is 0 Å². The van der Waals surface area contributed by atoms with Crippen molar-refractivity contribution in [2.24, 2.45) is 5.73 Å². The van der Waals surface area contributed by atoms with Gasteiger partial charge in [0.15, 0.2) is 0 Å². The van der Waals surface area contributed by atoms with E-state index >= 15 is 0 Å². The number of pyridine rings is 1. The van der Waals surface area contributed by atoms with Gasteiger partial charge in [-0.05, 0) is 18.1 Å². The highest BCUT2D eigenvalue weighted by molar-refractivity contribution is 7.80. The van der Waals surface area contributed by atoms with E-state index in [2.05, 4.69) is 0 Å². The zero-order chi connectivity index (χ0) is 13.0. The summed E-state index contributed by atoms with van der Waals surface area (Å²) in [6, 6.07) is 3.60. The van der Waals surface area contributed by atoms with Crippen molar-refractivity contribution in [2.75, 3.05) is 13.7 Å². The largest absolute Gasteiger partial charge is 0.389 e. The molecule has 0 aliphatic heterocycles. The van der Waals surface area contributed by atoms with Gasteiger partial charge in [-0.15, -0.1) is 0 Å². The van der Waals surface area contributed by atoms with Crippen molar-refractivity contribution in [1.29, 1.82) is 0 Å². The maximum Gasteiger partial charge on any atom is 0.261 e. The van der Waals surface area contributed by atoms with Crippen molar-refractivity contribution < 1.29 is 4.74 Å². The summed E-state index contributed by atoms with van der Waals surface area (Å²) in [6.07, 6.45) is 0. The van der Waals surface area contributed by atoms with Gasteiger partial charge in [-0.25, -0.2) is 0 Å². The monoisotopic (exact) mass is 254 g/mol. The number of hydrogen-bond donors (Lipinski definition) is 1. The molecule has 0 aliphatic rings. The van der Waals surface area contributed by atoms with Crippen molar-refractivity contribution in [1.82, 2.24) is 4.57 Å². The first-order valence-corrected chi connectivity index (χ1v) is 5.92. The number of nitrogens with two attached hydrogens (primary N) is 1. The highest BCUT2D eigenvalue weighted by Crippen LogP contribution is 2.13. The maximum atomic E-state index is 12.2. The Morgan fingerprint density at radius 2 is 2.18 bits per heavy atom. The van der Waals surface area contributed by atoms with Gasteiger partial charge in [0.1, 0.15) is 4.99 Å². The molecular weight excluding hydrogens is 236 g/mol. The van der Waals surface area contributed by atoms with Crippen LogP contribution in [-0.2, 0) is 11.3 Å². The highest BCUT2D eigenvalue weighted by Gasteiger charge is 2.12. The van der Waals surface area contributed by atoms with Gasteiger partial charge in [0.25, 0.3) is 5.56 Å². The highest BCUT2D eigenvalue weighted by atomic mass is 32.1. The Bertz CT molecular complexity index is 466. The van der Waals surface area contributed by atoms with Crippen LogP contribution in [-0.4, -0.2) is 23.3 Å². The summed E-state index contributed by atoms with van der Waals surface area (Å²) in [4.78, 5) is 12.3. The Labute approximate surface area is 106 Å². The third kappa shape index (κ3) is 3.14. The number of methoxy groups -OCH3 is 1. The van der Waals surface area contributed by atoms with E-state index in [1.54, 1.807) is 17.7 Å². The average Bonchev–Trinajstić information content (AvgIpc) is 2.26. The zero-order valence-corrected chi connectivity index (χ0v) is 11.2. The third-order valence-electron chi connectivity index (χ3n) is 2.58. The van der Waals surface area contributed by atoms with Crippen molar-refractivity contribution in [3.8, 4) is 0 Å². The van der Waals surface area contributed by atoms with E-state index in [9.17, 15) is 4.79 Å². The summed E-state index contributed by atoms with van der Waals surface area (Å²) in [5, 5.41) is 0. The average molecular weight is 254 g/mol. The van der Waals surface area contributed by atoms with Gasteiger partial charge in [0.05, 0.1) is 12.2 Å². The summed E-state index contributed by atoms with van der Waals surface area (Å²) in [6.45, 7) is 5.08. The fraction of sp³-hybridized carbons (Fsp3) is 0.500. The summed E-state index contributed by atoms with van der Waals surface area (Å²) < 4.78 is 6.70. The molecular formula is C12H18N2O2S. The van der Waals surface area contributed by atoms with Crippen LogP contribution in [0.4, 0.5) is 0 Å². The molecule has 1 rings (SSSR count). The number of ether oxygens (including phenoxy) is 1. The van der Waals surface area contributed by atoms with Crippen molar-refractivity contribution >= 4 is 17.2 Å². The molecule has 0 spiro atoms. The topological polar surface area (TPSA) is 57.2 Å². The third-order valence-corrected chi connectivity index (χ3v) is 2.80. The van der Waals surface area contributed by atoms with E-state index in [1.807, 2.05) is 19.9 Å².